The summed E-state index contributed by atoms with van der Waals surface area (Å²) in [5, 5.41) is 2.83. The Kier molecular flexibility index (Phi) is 3.64. The van der Waals surface area contributed by atoms with Gasteiger partial charge in [-0.2, -0.15) is 0 Å². The molecule has 0 N–H and O–H groups in total. The van der Waals surface area contributed by atoms with Crippen molar-refractivity contribution in [3.05, 3.63) is 58.7 Å². The summed E-state index contributed by atoms with van der Waals surface area (Å²) in [4.78, 5) is 0. The third kappa shape index (κ3) is 2.58. The van der Waals surface area contributed by atoms with Crippen molar-refractivity contribution < 1.29 is 0 Å². The zero-order valence-electron chi connectivity index (χ0n) is 10.9. The quantitative estimate of drug-likeness (QED) is 0.701. The fraction of sp³-hybridized carbons (Fsp3) is 0.250. The van der Waals surface area contributed by atoms with Crippen LogP contribution in [-0.4, -0.2) is 0 Å². The van der Waals surface area contributed by atoms with Crippen LogP contribution in [0.15, 0.2) is 36.4 Å². The lowest BCUT2D eigenvalue weighted by Crippen LogP contribution is -2.11. The fourth-order valence-electron chi connectivity index (χ4n) is 1.84. The van der Waals surface area contributed by atoms with E-state index in [1.54, 1.807) is 0 Å². The molecule has 0 fully saturated rings. The Morgan fingerprint density at radius 3 is 1.47 bits per heavy atom. The molecule has 0 amide bonds. The number of aryl methyl sites for hydroxylation is 2. The van der Waals surface area contributed by atoms with Crippen LogP contribution in [-0.2, 0) is 0 Å². The number of hydrogen-bond donors (Lipinski definition) is 0. The van der Waals surface area contributed by atoms with E-state index in [2.05, 4.69) is 64.1 Å². The van der Waals surface area contributed by atoms with Gasteiger partial charge in [-0.3, -0.25) is 0 Å². The van der Waals surface area contributed by atoms with E-state index in [4.69, 9.17) is 0 Å². The summed E-state index contributed by atoms with van der Waals surface area (Å²) in [6.07, 6.45) is 0. The third-order valence-electron chi connectivity index (χ3n) is 3.39. The van der Waals surface area contributed by atoms with Crippen molar-refractivity contribution in [2.24, 2.45) is 0 Å². The van der Waals surface area contributed by atoms with Crippen LogP contribution in [0.5, 0.6) is 0 Å². The van der Waals surface area contributed by atoms with E-state index in [1.165, 1.54) is 41.4 Å². The van der Waals surface area contributed by atoms with Gasteiger partial charge in [0.2, 0.25) is 0 Å². The molecule has 0 nitrogen and oxygen atoms in total. The van der Waals surface area contributed by atoms with Crippen LogP contribution in [0.3, 0.4) is 0 Å². The molecule has 1 radical (unpaired) electrons. The van der Waals surface area contributed by atoms with Crippen LogP contribution in [0.2, 0.25) is 0 Å². The second kappa shape index (κ2) is 5.02. The van der Waals surface area contributed by atoms with Gasteiger partial charge in [0, 0.05) is 0 Å². The molecule has 0 bridgehead atoms. The van der Waals surface area contributed by atoms with Crippen molar-refractivity contribution in [1.82, 2.24) is 0 Å². The van der Waals surface area contributed by atoms with Gasteiger partial charge in [-0.15, -0.1) is 0 Å². The Labute approximate surface area is 106 Å². The highest BCUT2D eigenvalue weighted by Crippen LogP contribution is 2.19. The van der Waals surface area contributed by atoms with Gasteiger partial charge in [-0.25, -0.2) is 0 Å². The van der Waals surface area contributed by atoms with E-state index in [1.807, 2.05) is 0 Å². The Balaban J connectivity index is 2.38. The molecular weight excluding hydrogens is 223 g/mol. The Hall–Kier alpha value is -1.13. The first-order valence-electron chi connectivity index (χ1n) is 5.94. The highest BCUT2D eigenvalue weighted by Gasteiger charge is 2.06. The van der Waals surface area contributed by atoms with Crippen molar-refractivity contribution in [3.63, 3.8) is 0 Å². The molecule has 2 aromatic carbocycles. The number of rotatable bonds is 2. The Morgan fingerprint density at radius 1 is 0.647 bits per heavy atom. The molecule has 0 aliphatic carbocycles. The first-order valence-corrected chi connectivity index (χ1v) is 6.83. The summed E-state index contributed by atoms with van der Waals surface area (Å²) in [5.41, 5.74) is 5.57. The van der Waals surface area contributed by atoms with E-state index in [0.717, 1.165) is 0 Å². The summed E-state index contributed by atoms with van der Waals surface area (Å²) < 4.78 is 0. The first kappa shape index (κ1) is 12.3. The molecule has 0 aromatic heterocycles. The van der Waals surface area contributed by atoms with Crippen LogP contribution < -0.4 is 10.6 Å². The molecule has 87 valence electrons. The lowest BCUT2D eigenvalue weighted by Gasteiger charge is -2.11. The molecule has 2 rings (SSSR count). The standard InChI is InChI=1S/C16H18P/c1-11-7-5-9-15(13(11)3)17-16-10-6-8-12(2)14(16)4/h5-10H,1-4H3. The van der Waals surface area contributed by atoms with Crippen molar-refractivity contribution in [2.75, 3.05) is 0 Å². The normalized spacial score (nSPS) is 10.6. The smallest absolute Gasteiger partial charge is 0.00945 e. The monoisotopic (exact) mass is 241 g/mol. The molecule has 0 atom stereocenters. The maximum absolute atomic E-state index is 2.23. The molecule has 0 saturated carbocycles. The van der Waals surface area contributed by atoms with Gasteiger partial charge < -0.3 is 0 Å². The molecule has 17 heavy (non-hydrogen) atoms. The predicted octanol–water partition coefficient (Wildman–Crippen LogP) is 3.82. The highest BCUT2D eigenvalue weighted by atomic mass is 31.1. The van der Waals surface area contributed by atoms with Gasteiger partial charge in [-0.1, -0.05) is 36.4 Å². The Bertz CT molecular complexity index is 492. The zero-order chi connectivity index (χ0) is 12.4. The second-order valence-corrected chi connectivity index (χ2v) is 5.74. The highest BCUT2D eigenvalue weighted by molar-refractivity contribution is 7.55. The third-order valence-corrected chi connectivity index (χ3v) is 4.84. The summed E-state index contributed by atoms with van der Waals surface area (Å²) in [6.45, 7) is 8.78. The topological polar surface area (TPSA) is 0 Å². The van der Waals surface area contributed by atoms with E-state index in [-0.39, 0.29) is 0 Å². The van der Waals surface area contributed by atoms with Gasteiger partial charge in [0.15, 0.2) is 0 Å². The minimum atomic E-state index is 1.32. The van der Waals surface area contributed by atoms with Crippen LogP contribution in [0.1, 0.15) is 22.3 Å². The Morgan fingerprint density at radius 2 is 1.06 bits per heavy atom. The molecule has 0 aliphatic rings. The average molecular weight is 241 g/mol. The summed E-state index contributed by atoms with van der Waals surface area (Å²) >= 11 is 0. The average Bonchev–Trinajstić information content (AvgIpc) is 2.31. The fourth-order valence-corrected chi connectivity index (χ4v) is 3.11. The SMILES string of the molecule is Cc1cccc([P]c2cccc(C)c2C)c1C. The minimum Gasteiger partial charge on any atom is -0.0613 e. The van der Waals surface area contributed by atoms with E-state index >= 15 is 0 Å². The van der Waals surface area contributed by atoms with Crippen LogP contribution in [0, 0.1) is 27.7 Å². The molecule has 2 aromatic rings. The van der Waals surface area contributed by atoms with Gasteiger partial charge in [0.25, 0.3) is 0 Å². The maximum atomic E-state index is 2.23. The summed E-state index contributed by atoms with van der Waals surface area (Å²) in [6, 6.07) is 13.1. The lowest BCUT2D eigenvalue weighted by atomic mass is 10.1. The summed E-state index contributed by atoms with van der Waals surface area (Å²) in [7, 11) is 1.32. The molecule has 0 aliphatic heterocycles. The van der Waals surface area contributed by atoms with Crippen LogP contribution in [0.4, 0.5) is 0 Å². The van der Waals surface area contributed by atoms with Crippen molar-refractivity contribution in [2.45, 2.75) is 27.7 Å². The van der Waals surface area contributed by atoms with Crippen LogP contribution in [0.25, 0.3) is 0 Å². The number of hydrogen-bond acceptors (Lipinski definition) is 0. The van der Waals surface area contributed by atoms with Crippen LogP contribution >= 0.6 is 8.58 Å². The first-order chi connectivity index (χ1) is 8.09. The molecule has 0 unspecified atom stereocenters. The van der Waals surface area contributed by atoms with Gasteiger partial charge in [-0.05, 0) is 69.1 Å². The molecule has 1 heteroatoms. The van der Waals surface area contributed by atoms with Crippen molar-refractivity contribution in [3.8, 4) is 0 Å². The summed E-state index contributed by atoms with van der Waals surface area (Å²) in [5.74, 6) is 0. The second-order valence-electron chi connectivity index (χ2n) is 4.55. The molecule has 0 heterocycles. The van der Waals surface area contributed by atoms with E-state index < -0.39 is 0 Å². The van der Waals surface area contributed by atoms with Gasteiger partial charge in [0.1, 0.15) is 0 Å². The van der Waals surface area contributed by atoms with Crippen molar-refractivity contribution >= 4 is 19.2 Å². The molecule has 0 saturated heterocycles. The minimum absolute atomic E-state index is 1.32. The predicted molar refractivity (Wildman–Crippen MR) is 78.0 cm³/mol. The van der Waals surface area contributed by atoms with Gasteiger partial charge >= 0.3 is 0 Å². The molecular formula is C16H18P. The lowest BCUT2D eigenvalue weighted by molar-refractivity contribution is 1.36. The maximum Gasteiger partial charge on any atom is -0.00945 e. The zero-order valence-corrected chi connectivity index (χ0v) is 11.8. The van der Waals surface area contributed by atoms with E-state index in [9.17, 15) is 0 Å². The molecule has 0 spiro atoms. The van der Waals surface area contributed by atoms with Crippen molar-refractivity contribution in [1.29, 1.82) is 0 Å². The van der Waals surface area contributed by atoms with Gasteiger partial charge in [0.05, 0.1) is 0 Å². The largest absolute Gasteiger partial charge is 0.0613 e. The van der Waals surface area contributed by atoms with E-state index in [0.29, 0.717) is 0 Å². The number of benzene rings is 2.